The molecule has 6 nitrogen and oxygen atoms in total. The summed E-state index contributed by atoms with van der Waals surface area (Å²) in [5.41, 5.74) is -1.56. The van der Waals surface area contributed by atoms with Crippen LogP contribution in [0.2, 0.25) is 0 Å². The molecule has 0 rings (SSSR count). The van der Waals surface area contributed by atoms with Gasteiger partial charge in [-0.3, -0.25) is 14.4 Å². The summed E-state index contributed by atoms with van der Waals surface area (Å²) in [5, 5.41) is 0. The van der Waals surface area contributed by atoms with Crippen molar-refractivity contribution in [2.75, 3.05) is 6.61 Å². The number of carbonyl (C=O) groups is 3. The third-order valence-electron chi connectivity index (χ3n) is 3.43. The number of rotatable bonds is 9. The predicted octanol–water partition coefficient (Wildman–Crippen LogP) is 4.05. The number of ether oxygens (including phenoxy) is 3. The molecule has 0 N–H and O–H groups in total. The number of hydrogen-bond donors (Lipinski definition) is 0. The first kappa shape index (κ1) is 24.4. The van der Waals surface area contributed by atoms with E-state index in [1.807, 2.05) is 6.92 Å². The van der Waals surface area contributed by atoms with E-state index in [-0.39, 0.29) is 6.61 Å². The van der Waals surface area contributed by atoms with Gasteiger partial charge < -0.3 is 14.2 Å². The molecular weight excluding hydrogens is 336 g/mol. The first-order chi connectivity index (χ1) is 11.8. The van der Waals surface area contributed by atoms with Crippen LogP contribution in [-0.2, 0) is 28.6 Å². The van der Waals surface area contributed by atoms with Gasteiger partial charge in [-0.05, 0) is 54.9 Å². The lowest BCUT2D eigenvalue weighted by molar-refractivity contribution is -0.182. The maximum absolute atomic E-state index is 12.7. The lowest BCUT2D eigenvalue weighted by Crippen LogP contribution is -2.43. The Morgan fingerprint density at radius 1 is 0.769 bits per heavy atom. The zero-order chi connectivity index (χ0) is 20.5. The second-order valence-corrected chi connectivity index (χ2v) is 8.40. The lowest BCUT2D eigenvalue weighted by atomic mass is 9.87. The predicted molar refractivity (Wildman–Crippen MR) is 99.4 cm³/mol. The summed E-state index contributed by atoms with van der Waals surface area (Å²) in [4.78, 5) is 38.0. The molecule has 152 valence electrons. The van der Waals surface area contributed by atoms with Crippen molar-refractivity contribution in [2.45, 2.75) is 92.3 Å². The van der Waals surface area contributed by atoms with E-state index in [1.165, 1.54) is 0 Å². The molecule has 0 saturated heterocycles. The zero-order valence-corrected chi connectivity index (χ0v) is 17.6. The van der Waals surface area contributed by atoms with E-state index in [2.05, 4.69) is 0 Å². The average Bonchev–Trinajstić information content (AvgIpc) is 2.42. The van der Waals surface area contributed by atoms with Crippen LogP contribution in [0.15, 0.2) is 0 Å². The molecule has 0 aliphatic heterocycles. The van der Waals surface area contributed by atoms with E-state index in [0.29, 0.717) is 12.8 Å². The molecule has 0 unspecified atom stereocenters. The summed E-state index contributed by atoms with van der Waals surface area (Å²) >= 11 is 0. The van der Waals surface area contributed by atoms with E-state index in [9.17, 15) is 14.4 Å². The second-order valence-electron chi connectivity index (χ2n) is 8.40. The van der Waals surface area contributed by atoms with Crippen molar-refractivity contribution in [3.05, 3.63) is 0 Å². The SMILES string of the molecule is CCCCC[C@@H](C(=O)OCC)C(C(=O)OC(C)(C)C)C(=O)OC(C)(C)C. The van der Waals surface area contributed by atoms with Crippen LogP contribution in [0.5, 0.6) is 0 Å². The van der Waals surface area contributed by atoms with Crippen LogP contribution in [-0.4, -0.2) is 35.7 Å². The van der Waals surface area contributed by atoms with Crippen molar-refractivity contribution in [1.82, 2.24) is 0 Å². The first-order valence-electron chi connectivity index (χ1n) is 9.44. The van der Waals surface area contributed by atoms with E-state index in [0.717, 1.165) is 12.8 Å². The number of unbranched alkanes of at least 4 members (excludes halogenated alkanes) is 2. The molecule has 0 aliphatic carbocycles. The molecule has 0 bridgehead atoms. The van der Waals surface area contributed by atoms with Gasteiger partial charge in [-0.1, -0.05) is 26.2 Å². The van der Waals surface area contributed by atoms with Gasteiger partial charge in [0.05, 0.1) is 12.5 Å². The molecule has 1 atom stereocenters. The monoisotopic (exact) mass is 372 g/mol. The summed E-state index contributed by atoms with van der Waals surface area (Å²) in [6.45, 7) is 14.2. The van der Waals surface area contributed by atoms with Crippen molar-refractivity contribution in [1.29, 1.82) is 0 Å². The molecule has 0 aliphatic rings. The van der Waals surface area contributed by atoms with Crippen LogP contribution in [0.1, 0.15) is 81.1 Å². The molecule has 0 heterocycles. The number of hydrogen-bond acceptors (Lipinski definition) is 6. The van der Waals surface area contributed by atoms with Crippen molar-refractivity contribution in [3.63, 3.8) is 0 Å². The maximum Gasteiger partial charge on any atom is 0.321 e. The Hall–Kier alpha value is -1.59. The molecule has 0 aromatic carbocycles. The fraction of sp³-hybridized carbons (Fsp3) is 0.850. The van der Waals surface area contributed by atoms with Gasteiger partial charge in [0.25, 0.3) is 0 Å². The van der Waals surface area contributed by atoms with Gasteiger partial charge in [-0.25, -0.2) is 0 Å². The molecule has 0 radical (unpaired) electrons. The van der Waals surface area contributed by atoms with Gasteiger partial charge in [0.15, 0.2) is 5.92 Å². The molecular formula is C20H36O6. The fourth-order valence-corrected chi connectivity index (χ4v) is 2.44. The molecule has 0 spiro atoms. The minimum Gasteiger partial charge on any atom is -0.466 e. The van der Waals surface area contributed by atoms with Crippen LogP contribution in [0, 0.1) is 11.8 Å². The molecule has 0 aromatic rings. The van der Waals surface area contributed by atoms with Crippen molar-refractivity contribution < 1.29 is 28.6 Å². The van der Waals surface area contributed by atoms with Crippen LogP contribution in [0.25, 0.3) is 0 Å². The average molecular weight is 373 g/mol. The van der Waals surface area contributed by atoms with Gasteiger partial charge in [0.1, 0.15) is 11.2 Å². The third kappa shape index (κ3) is 9.78. The van der Waals surface area contributed by atoms with E-state index in [4.69, 9.17) is 14.2 Å². The van der Waals surface area contributed by atoms with Crippen LogP contribution in [0.3, 0.4) is 0 Å². The molecule has 0 amide bonds. The minimum absolute atomic E-state index is 0.179. The summed E-state index contributed by atoms with van der Waals surface area (Å²) in [6.07, 6.45) is 2.93. The zero-order valence-electron chi connectivity index (χ0n) is 17.6. The minimum atomic E-state index is -1.33. The maximum atomic E-state index is 12.7. The van der Waals surface area contributed by atoms with Gasteiger partial charge in [0, 0.05) is 0 Å². The highest BCUT2D eigenvalue weighted by atomic mass is 16.6. The quantitative estimate of drug-likeness (QED) is 0.263. The van der Waals surface area contributed by atoms with E-state index in [1.54, 1.807) is 48.5 Å². The number of esters is 3. The lowest BCUT2D eigenvalue weighted by Gasteiger charge is -2.29. The highest BCUT2D eigenvalue weighted by molar-refractivity contribution is 5.99. The van der Waals surface area contributed by atoms with Crippen molar-refractivity contribution in [3.8, 4) is 0 Å². The fourth-order valence-electron chi connectivity index (χ4n) is 2.44. The van der Waals surface area contributed by atoms with E-state index < -0.39 is 40.9 Å². The number of carbonyl (C=O) groups excluding carboxylic acids is 3. The Kier molecular flexibility index (Phi) is 9.89. The van der Waals surface area contributed by atoms with Crippen molar-refractivity contribution >= 4 is 17.9 Å². The van der Waals surface area contributed by atoms with Gasteiger partial charge in [-0.15, -0.1) is 0 Å². The Morgan fingerprint density at radius 3 is 1.58 bits per heavy atom. The summed E-state index contributed by atoms with van der Waals surface area (Å²) in [5.74, 6) is -4.30. The van der Waals surface area contributed by atoms with Gasteiger partial charge in [-0.2, -0.15) is 0 Å². The van der Waals surface area contributed by atoms with Crippen LogP contribution >= 0.6 is 0 Å². The Morgan fingerprint density at radius 2 is 1.23 bits per heavy atom. The largest absolute Gasteiger partial charge is 0.466 e. The topological polar surface area (TPSA) is 78.9 Å². The Balaban J connectivity index is 5.71. The molecule has 0 saturated carbocycles. The third-order valence-corrected chi connectivity index (χ3v) is 3.43. The molecule has 0 fully saturated rings. The first-order valence-corrected chi connectivity index (χ1v) is 9.44. The standard InChI is InChI=1S/C20H36O6/c1-9-11-12-13-14(16(21)24-10-2)15(17(22)25-19(3,4)5)18(23)26-20(6,7)8/h14-15H,9-13H2,1-8H3/t14-/m1/s1. The van der Waals surface area contributed by atoms with Crippen LogP contribution in [0.4, 0.5) is 0 Å². The van der Waals surface area contributed by atoms with Gasteiger partial charge in [0.2, 0.25) is 0 Å². The van der Waals surface area contributed by atoms with Crippen LogP contribution < -0.4 is 0 Å². The van der Waals surface area contributed by atoms with Crippen molar-refractivity contribution in [2.24, 2.45) is 11.8 Å². The normalized spacial score (nSPS) is 13.3. The summed E-state index contributed by atoms with van der Waals surface area (Å²) in [7, 11) is 0. The Bertz CT molecular complexity index is 442. The van der Waals surface area contributed by atoms with Gasteiger partial charge >= 0.3 is 17.9 Å². The Labute approximate surface area is 157 Å². The molecule has 6 heteroatoms. The smallest absolute Gasteiger partial charge is 0.321 e. The highest BCUT2D eigenvalue weighted by Gasteiger charge is 2.44. The molecule has 0 aromatic heterocycles. The second kappa shape index (κ2) is 10.5. The molecule has 26 heavy (non-hydrogen) atoms. The summed E-state index contributed by atoms with van der Waals surface area (Å²) < 4.78 is 15.9. The van der Waals surface area contributed by atoms with E-state index >= 15 is 0 Å². The summed E-state index contributed by atoms with van der Waals surface area (Å²) in [6, 6.07) is 0. The highest BCUT2D eigenvalue weighted by Crippen LogP contribution is 2.27.